The molecule has 2 aromatic heterocycles. The molecular formula is C13H17N5. The van der Waals surface area contributed by atoms with Gasteiger partial charge in [-0.1, -0.05) is 0 Å². The molecule has 3 heterocycles. The van der Waals surface area contributed by atoms with Crippen molar-refractivity contribution in [3.63, 3.8) is 0 Å². The van der Waals surface area contributed by atoms with Crippen LogP contribution in [-0.2, 0) is 0 Å². The van der Waals surface area contributed by atoms with Crippen molar-refractivity contribution in [2.75, 3.05) is 18.0 Å². The van der Waals surface area contributed by atoms with Crippen LogP contribution in [0.15, 0.2) is 24.7 Å². The van der Waals surface area contributed by atoms with Crippen LogP contribution in [0.1, 0.15) is 30.3 Å². The molecule has 0 amide bonds. The van der Waals surface area contributed by atoms with Crippen LogP contribution in [0, 0.1) is 6.92 Å². The van der Waals surface area contributed by atoms with E-state index in [9.17, 15) is 0 Å². The van der Waals surface area contributed by atoms with Crippen LogP contribution >= 0.6 is 0 Å². The molecular weight excluding hydrogens is 226 g/mol. The fraction of sp³-hybridized carbons (Fsp3) is 0.462. The number of imidazole rings is 1. The largest absolute Gasteiger partial charge is 0.348 e. The second-order valence-electron chi connectivity index (χ2n) is 4.73. The molecule has 5 nitrogen and oxygen atoms in total. The fourth-order valence-corrected chi connectivity index (χ4v) is 2.44. The van der Waals surface area contributed by atoms with Gasteiger partial charge in [0.05, 0.1) is 0 Å². The van der Waals surface area contributed by atoms with Gasteiger partial charge in [-0.25, -0.2) is 15.0 Å². The Labute approximate surface area is 106 Å². The normalized spacial score (nSPS) is 17.1. The molecule has 94 valence electrons. The van der Waals surface area contributed by atoms with Crippen LogP contribution in [0.4, 0.5) is 5.95 Å². The molecule has 0 atom stereocenters. The Morgan fingerprint density at radius 1 is 1.22 bits per heavy atom. The number of aromatic nitrogens is 4. The molecule has 1 fully saturated rings. The first-order valence-electron chi connectivity index (χ1n) is 6.37. The van der Waals surface area contributed by atoms with Crippen molar-refractivity contribution in [1.29, 1.82) is 0 Å². The lowest BCUT2D eigenvalue weighted by Gasteiger charge is -2.31. The van der Waals surface area contributed by atoms with Crippen molar-refractivity contribution in [2.45, 2.75) is 25.7 Å². The average Bonchev–Trinajstić information content (AvgIpc) is 2.93. The van der Waals surface area contributed by atoms with Gasteiger partial charge in [-0.05, 0) is 25.8 Å². The van der Waals surface area contributed by atoms with Gasteiger partial charge < -0.3 is 9.88 Å². The van der Waals surface area contributed by atoms with E-state index >= 15 is 0 Å². The Morgan fingerprint density at radius 2 is 2.06 bits per heavy atom. The van der Waals surface area contributed by atoms with Crippen LogP contribution in [0.3, 0.4) is 0 Å². The standard InChI is InChI=1S/C13H17N5/c1-10-2-5-16-13(17-10)18-8-3-11(4-9-18)12-14-6-7-15-12/h2,5-7,11H,3-4,8-9H2,1H3,(H,14,15). The highest BCUT2D eigenvalue weighted by Gasteiger charge is 2.23. The minimum absolute atomic E-state index is 0.543. The summed E-state index contributed by atoms with van der Waals surface area (Å²) >= 11 is 0. The minimum Gasteiger partial charge on any atom is -0.348 e. The number of rotatable bonds is 2. The number of nitrogens with zero attached hydrogens (tertiary/aromatic N) is 4. The highest BCUT2D eigenvalue weighted by Crippen LogP contribution is 2.26. The molecule has 0 aromatic carbocycles. The van der Waals surface area contributed by atoms with Gasteiger partial charge in [0.1, 0.15) is 5.82 Å². The number of hydrogen-bond acceptors (Lipinski definition) is 4. The lowest BCUT2D eigenvalue weighted by Crippen LogP contribution is -2.34. The molecule has 18 heavy (non-hydrogen) atoms. The Bertz CT molecular complexity index is 500. The lowest BCUT2D eigenvalue weighted by molar-refractivity contribution is 0.483. The van der Waals surface area contributed by atoms with Gasteiger partial charge in [0.15, 0.2) is 0 Å². The summed E-state index contributed by atoms with van der Waals surface area (Å²) in [6.45, 7) is 3.99. The van der Waals surface area contributed by atoms with Crippen LogP contribution in [-0.4, -0.2) is 33.0 Å². The summed E-state index contributed by atoms with van der Waals surface area (Å²) in [6.07, 6.45) is 7.75. The van der Waals surface area contributed by atoms with Crippen molar-refractivity contribution in [3.05, 3.63) is 36.2 Å². The highest BCUT2D eigenvalue weighted by molar-refractivity contribution is 5.31. The third kappa shape index (κ3) is 2.20. The second kappa shape index (κ2) is 4.76. The predicted molar refractivity (Wildman–Crippen MR) is 69.5 cm³/mol. The van der Waals surface area contributed by atoms with Crippen molar-refractivity contribution < 1.29 is 0 Å². The van der Waals surface area contributed by atoms with E-state index in [1.165, 1.54) is 0 Å². The molecule has 1 aliphatic heterocycles. The second-order valence-corrected chi connectivity index (χ2v) is 4.73. The van der Waals surface area contributed by atoms with Gasteiger partial charge in [-0.3, -0.25) is 0 Å². The topological polar surface area (TPSA) is 57.7 Å². The van der Waals surface area contributed by atoms with E-state index in [1.807, 2.05) is 31.6 Å². The first-order chi connectivity index (χ1) is 8.83. The van der Waals surface area contributed by atoms with E-state index in [4.69, 9.17) is 0 Å². The summed E-state index contributed by atoms with van der Waals surface area (Å²) in [4.78, 5) is 18.6. The summed E-state index contributed by atoms with van der Waals surface area (Å²) < 4.78 is 0. The molecule has 3 rings (SSSR count). The van der Waals surface area contributed by atoms with Crippen LogP contribution in [0.2, 0.25) is 0 Å². The van der Waals surface area contributed by atoms with Gasteiger partial charge in [0.2, 0.25) is 5.95 Å². The SMILES string of the molecule is Cc1ccnc(N2CCC(c3ncc[nH]3)CC2)n1. The van der Waals surface area contributed by atoms with Crippen molar-refractivity contribution in [1.82, 2.24) is 19.9 Å². The Hall–Kier alpha value is -1.91. The quantitative estimate of drug-likeness (QED) is 0.875. The maximum absolute atomic E-state index is 4.48. The first kappa shape index (κ1) is 11.2. The molecule has 1 aliphatic rings. The fourth-order valence-electron chi connectivity index (χ4n) is 2.44. The van der Waals surface area contributed by atoms with Crippen LogP contribution in [0.25, 0.3) is 0 Å². The summed E-state index contributed by atoms with van der Waals surface area (Å²) in [6, 6.07) is 1.93. The molecule has 1 saturated heterocycles. The van der Waals surface area contributed by atoms with Crippen molar-refractivity contribution >= 4 is 5.95 Å². The summed E-state index contributed by atoms with van der Waals surface area (Å²) in [5, 5.41) is 0. The van der Waals surface area contributed by atoms with E-state index in [1.54, 1.807) is 0 Å². The smallest absolute Gasteiger partial charge is 0.225 e. The molecule has 0 bridgehead atoms. The maximum atomic E-state index is 4.48. The van der Waals surface area contributed by atoms with Gasteiger partial charge >= 0.3 is 0 Å². The number of aromatic amines is 1. The maximum Gasteiger partial charge on any atom is 0.225 e. The molecule has 0 radical (unpaired) electrons. The molecule has 0 saturated carbocycles. The highest BCUT2D eigenvalue weighted by atomic mass is 15.2. The van der Waals surface area contributed by atoms with E-state index in [0.29, 0.717) is 5.92 Å². The third-order valence-corrected chi connectivity index (χ3v) is 3.47. The number of H-pyrrole nitrogens is 1. The zero-order chi connectivity index (χ0) is 12.4. The van der Waals surface area contributed by atoms with Crippen molar-refractivity contribution in [2.24, 2.45) is 0 Å². The minimum atomic E-state index is 0.543. The predicted octanol–water partition coefficient (Wildman–Crippen LogP) is 1.89. The summed E-state index contributed by atoms with van der Waals surface area (Å²) in [5.41, 5.74) is 1.02. The average molecular weight is 243 g/mol. The third-order valence-electron chi connectivity index (χ3n) is 3.47. The number of nitrogens with one attached hydrogen (secondary N) is 1. The van der Waals surface area contributed by atoms with E-state index in [2.05, 4.69) is 24.8 Å². The number of piperidine rings is 1. The Kier molecular flexibility index (Phi) is 2.96. The van der Waals surface area contributed by atoms with Gasteiger partial charge in [-0.2, -0.15) is 0 Å². The van der Waals surface area contributed by atoms with Gasteiger partial charge in [0.25, 0.3) is 0 Å². The first-order valence-corrected chi connectivity index (χ1v) is 6.37. The number of aryl methyl sites for hydroxylation is 1. The molecule has 0 aliphatic carbocycles. The zero-order valence-electron chi connectivity index (χ0n) is 10.5. The lowest BCUT2D eigenvalue weighted by atomic mass is 9.96. The number of hydrogen-bond donors (Lipinski definition) is 1. The number of anilines is 1. The van der Waals surface area contributed by atoms with Crippen LogP contribution in [0.5, 0.6) is 0 Å². The summed E-state index contributed by atoms with van der Waals surface area (Å²) in [5.74, 6) is 2.51. The molecule has 2 aromatic rings. The molecule has 0 unspecified atom stereocenters. The van der Waals surface area contributed by atoms with E-state index in [-0.39, 0.29) is 0 Å². The zero-order valence-corrected chi connectivity index (χ0v) is 10.5. The molecule has 0 spiro atoms. The molecule has 1 N–H and O–H groups in total. The summed E-state index contributed by atoms with van der Waals surface area (Å²) in [7, 11) is 0. The van der Waals surface area contributed by atoms with Crippen molar-refractivity contribution in [3.8, 4) is 0 Å². The Balaban J connectivity index is 1.67. The van der Waals surface area contributed by atoms with Crippen LogP contribution < -0.4 is 4.90 Å². The van der Waals surface area contributed by atoms with E-state index < -0.39 is 0 Å². The monoisotopic (exact) mass is 243 g/mol. The van der Waals surface area contributed by atoms with Gasteiger partial charge in [-0.15, -0.1) is 0 Å². The van der Waals surface area contributed by atoms with E-state index in [0.717, 1.165) is 43.4 Å². The Morgan fingerprint density at radius 3 is 2.72 bits per heavy atom. The van der Waals surface area contributed by atoms with Gasteiger partial charge in [0, 0.05) is 43.3 Å². The molecule has 5 heteroatoms.